The van der Waals surface area contributed by atoms with Crippen molar-refractivity contribution in [1.82, 2.24) is 0 Å². The molecule has 270 valence electrons. The SMILES string of the molecule is c1ccc(-c2cccc(-c3cc(-c4cccc(-c5ccc6ccccc6c5)c4)c4cc(-c5c6ccccc6c(-c6ccccc6)c6ccccc56)ccc4c3)c2)cc1. The van der Waals surface area contributed by atoms with Crippen LogP contribution in [0.4, 0.5) is 0 Å². The Morgan fingerprint density at radius 1 is 0.172 bits per heavy atom. The van der Waals surface area contributed by atoms with Gasteiger partial charge in [-0.05, 0) is 146 Å². The lowest BCUT2D eigenvalue weighted by Gasteiger charge is -2.19. The largest absolute Gasteiger partial charge is 0.0622 e. The second kappa shape index (κ2) is 14.2. The van der Waals surface area contributed by atoms with Crippen LogP contribution >= 0.6 is 0 Å². The minimum Gasteiger partial charge on any atom is -0.0622 e. The summed E-state index contributed by atoms with van der Waals surface area (Å²) in [6, 6.07) is 84.7. The first-order valence-electron chi connectivity index (χ1n) is 20.1. The maximum absolute atomic E-state index is 2.44. The second-order valence-corrected chi connectivity index (χ2v) is 15.3. The van der Waals surface area contributed by atoms with Gasteiger partial charge in [0.1, 0.15) is 0 Å². The molecule has 11 aromatic rings. The summed E-state index contributed by atoms with van der Waals surface area (Å²) in [5, 5.41) is 9.99. The molecule has 0 amide bonds. The predicted octanol–water partition coefficient (Wildman–Crippen LogP) is 16.3. The van der Waals surface area contributed by atoms with Crippen molar-refractivity contribution in [2.45, 2.75) is 0 Å². The molecule has 0 nitrogen and oxygen atoms in total. The van der Waals surface area contributed by atoms with Crippen LogP contribution in [0.3, 0.4) is 0 Å². The van der Waals surface area contributed by atoms with Crippen molar-refractivity contribution in [3.05, 3.63) is 231 Å². The predicted molar refractivity (Wildman–Crippen MR) is 249 cm³/mol. The Balaban J connectivity index is 1.15. The molecule has 0 bridgehead atoms. The topological polar surface area (TPSA) is 0 Å². The molecule has 58 heavy (non-hydrogen) atoms. The molecule has 11 aromatic carbocycles. The summed E-state index contributed by atoms with van der Waals surface area (Å²) in [6.07, 6.45) is 0. The highest BCUT2D eigenvalue weighted by molar-refractivity contribution is 6.22. The molecule has 0 saturated carbocycles. The molecule has 0 atom stereocenters. The first-order chi connectivity index (χ1) is 28.7. The van der Waals surface area contributed by atoms with Gasteiger partial charge in [0, 0.05) is 0 Å². The molecule has 0 radical (unpaired) electrons. The van der Waals surface area contributed by atoms with Gasteiger partial charge >= 0.3 is 0 Å². The molecule has 0 N–H and O–H groups in total. The third kappa shape index (κ3) is 5.95. The maximum atomic E-state index is 2.44. The van der Waals surface area contributed by atoms with Crippen molar-refractivity contribution >= 4 is 43.1 Å². The summed E-state index contributed by atoms with van der Waals surface area (Å²) in [5.74, 6) is 0. The van der Waals surface area contributed by atoms with Crippen LogP contribution in [0.1, 0.15) is 0 Å². The van der Waals surface area contributed by atoms with E-state index in [2.05, 4.69) is 231 Å². The Kier molecular flexibility index (Phi) is 8.26. The summed E-state index contributed by atoms with van der Waals surface area (Å²) < 4.78 is 0. The fourth-order valence-corrected chi connectivity index (χ4v) is 9.02. The van der Waals surface area contributed by atoms with Gasteiger partial charge in [0.15, 0.2) is 0 Å². The first-order valence-corrected chi connectivity index (χ1v) is 20.1. The average Bonchev–Trinajstić information content (AvgIpc) is 3.30. The lowest BCUT2D eigenvalue weighted by molar-refractivity contribution is 1.58. The Morgan fingerprint density at radius 2 is 0.603 bits per heavy atom. The lowest BCUT2D eigenvalue weighted by Crippen LogP contribution is -1.92. The zero-order valence-electron chi connectivity index (χ0n) is 31.9. The van der Waals surface area contributed by atoms with E-state index in [4.69, 9.17) is 0 Å². The van der Waals surface area contributed by atoms with E-state index in [1.807, 2.05) is 0 Å². The van der Waals surface area contributed by atoms with E-state index in [9.17, 15) is 0 Å². The molecule has 0 unspecified atom stereocenters. The molecule has 0 aromatic heterocycles. The molecule has 0 fully saturated rings. The molecule has 0 saturated heterocycles. The van der Waals surface area contributed by atoms with Gasteiger partial charge in [-0.1, -0.05) is 194 Å². The Morgan fingerprint density at radius 3 is 1.28 bits per heavy atom. The van der Waals surface area contributed by atoms with Crippen molar-refractivity contribution in [2.75, 3.05) is 0 Å². The number of benzene rings is 11. The zero-order valence-corrected chi connectivity index (χ0v) is 31.9. The molecule has 0 aliphatic heterocycles. The van der Waals surface area contributed by atoms with Crippen LogP contribution in [0.25, 0.3) is 110 Å². The first kappa shape index (κ1) is 33.8. The van der Waals surface area contributed by atoms with Crippen molar-refractivity contribution in [1.29, 1.82) is 0 Å². The molecule has 0 heterocycles. The zero-order chi connectivity index (χ0) is 38.4. The van der Waals surface area contributed by atoms with Gasteiger partial charge in [0.05, 0.1) is 0 Å². The molecule has 0 aliphatic carbocycles. The van der Waals surface area contributed by atoms with Crippen LogP contribution < -0.4 is 0 Å². The van der Waals surface area contributed by atoms with E-state index in [1.54, 1.807) is 0 Å². The Labute approximate surface area is 339 Å². The molecule has 0 aliphatic rings. The van der Waals surface area contributed by atoms with Crippen LogP contribution in [0, 0.1) is 0 Å². The monoisotopic (exact) mass is 734 g/mol. The smallest absolute Gasteiger partial charge is 0.00261 e. The third-order valence-corrected chi connectivity index (χ3v) is 11.8. The lowest BCUT2D eigenvalue weighted by atomic mass is 9.84. The van der Waals surface area contributed by atoms with Crippen molar-refractivity contribution in [2.24, 2.45) is 0 Å². The average molecular weight is 735 g/mol. The minimum atomic E-state index is 1.20. The Hall–Kier alpha value is -7.54. The van der Waals surface area contributed by atoms with E-state index >= 15 is 0 Å². The number of hydrogen-bond acceptors (Lipinski definition) is 0. The van der Waals surface area contributed by atoms with Crippen molar-refractivity contribution in [3.8, 4) is 66.8 Å². The van der Waals surface area contributed by atoms with Gasteiger partial charge in [-0.15, -0.1) is 0 Å². The van der Waals surface area contributed by atoms with Crippen LogP contribution in [-0.4, -0.2) is 0 Å². The van der Waals surface area contributed by atoms with E-state index in [-0.39, 0.29) is 0 Å². The van der Waals surface area contributed by atoms with Gasteiger partial charge in [0.25, 0.3) is 0 Å². The minimum absolute atomic E-state index is 1.20. The van der Waals surface area contributed by atoms with Gasteiger partial charge in [-0.25, -0.2) is 0 Å². The summed E-state index contributed by atoms with van der Waals surface area (Å²) in [7, 11) is 0. The number of rotatable bonds is 6. The standard InChI is InChI=1S/C58H38/c1-3-15-39(16-4-1)43-21-13-23-45(33-43)50-36-48-31-32-49(58-53-27-11-9-25-51(53)57(41-18-5-2-6-19-41)52-26-10-12-28-54(52)58)37-55(48)56(38-50)47-24-14-22-44(35-47)46-30-29-40-17-7-8-20-42(40)34-46/h1-38H. The van der Waals surface area contributed by atoms with Crippen LogP contribution in [0.2, 0.25) is 0 Å². The number of hydrogen-bond donors (Lipinski definition) is 0. The molecule has 0 spiro atoms. The summed E-state index contributed by atoms with van der Waals surface area (Å²) in [5.41, 5.74) is 14.7. The van der Waals surface area contributed by atoms with Gasteiger partial charge < -0.3 is 0 Å². The fourth-order valence-electron chi connectivity index (χ4n) is 9.02. The second-order valence-electron chi connectivity index (χ2n) is 15.3. The van der Waals surface area contributed by atoms with Crippen molar-refractivity contribution < 1.29 is 0 Å². The van der Waals surface area contributed by atoms with Crippen LogP contribution in [0.5, 0.6) is 0 Å². The van der Waals surface area contributed by atoms with E-state index in [0.29, 0.717) is 0 Å². The normalized spacial score (nSPS) is 11.4. The van der Waals surface area contributed by atoms with Gasteiger partial charge in [-0.3, -0.25) is 0 Å². The highest BCUT2D eigenvalue weighted by atomic mass is 14.2. The summed E-state index contributed by atoms with van der Waals surface area (Å²) >= 11 is 0. The highest BCUT2D eigenvalue weighted by Gasteiger charge is 2.18. The maximum Gasteiger partial charge on any atom is -0.00261 e. The van der Waals surface area contributed by atoms with E-state index in [1.165, 1.54) is 110 Å². The van der Waals surface area contributed by atoms with Gasteiger partial charge in [0.2, 0.25) is 0 Å². The fraction of sp³-hybridized carbons (Fsp3) is 0. The third-order valence-electron chi connectivity index (χ3n) is 11.8. The summed E-state index contributed by atoms with van der Waals surface area (Å²) in [6.45, 7) is 0. The van der Waals surface area contributed by atoms with Crippen LogP contribution in [0.15, 0.2) is 231 Å². The molecular weight excluding hydrogens is 697 g/mol. The quantitative estimate of drug-likeness (QED) is 0.149. The van der Waals surface area contributed by atoms with E-state index < -0.39 is 0 Å². The van der Waals surface area contributed by atoms with Crippen LogP contribution in [-0.2, 0) is 0 Å². The molecule has 0 heteroatoms. The molecular formula is C58H38. The van der Waals surface area contributed by atoms with Gasteiger partial charge in [-0.2, -0.15) is 0 Å². The Bertz CT molecular complexity index is 3260. The van der Waals surface area contributed by atoms with Crippen molar-refractivity contribution in [3.63, 3.8) is 0 Å². The van der Waals surface area contributed by atoms with E-state index in [0.717, 1.165) is 0 Å². The molecule has 11 rings (SSSR count). The summed E-state index contributed by atoms with van der Waals surface area (Å²) in [4.78, 5) is 0. The highest BCUT2D eigenvalue weighted by Crippen LogP contribution is 2.45. The number of fused-ring (bicyclic) bond motifs is 4.